The monoisotopic (exact) mass is 373 g/mol. The molecule has 1 aromatic carbocycles. The number of nitrogens with zero attached hydrogens (tertiary/aromatic N) is 1. The molecule has 0 bridgehead atoms. The number of carbonyl (C=O) groups excluding carboxylic acids is 1. The van der Waals surface area contributed by atoms with Gasteiger partial charge in [-0.1, -0.05) is 0 Å². The van der Waals surface area contributed by atoms with E-state index in [1.807, 2.05) is 0 Å². The van der Waals surface area contributed by atoms with Crippen molar-refractivity contribution in [2.24, 2.45) is 5.92 Å². The zero-order chi connectivity index (χ0) is 17.5. The summed E-state index contributed by atoms with van der Waals surface area (Å²) < 4.78 is 10.5. The topological polar surface area (TPSA) is 103 Å². The fourth-order valence-corrected chi connectivity index (χ4v) is 2.76. The van der Waals surface area contributed by atoms with Crippen LogP contribution in [0.4, 0.5) is 5.69 Å². The Hall–Kier alpha value is -2.06. The highest BCUT2D eigenvalue weighted by Gasteiger charge is 2.25. The first-order chi connectivity index (χ1) is 11.6. The first-order valence-corrected chi connectivity index (χ1v) is 8.05. The third-order valence-electron chi connectivity index (χ3n) is 4.02. The third-order valence-corrected chi connectivity index (χ3v) is 4.02. The highest BCUT2D eigenvalue weighted by Crippen LogP contribution is 2.34. The van der Waals surface area contributed by atoms with Gasteiger partial charge in [0.05, 0.1) is 24.7 Å². The minimum atomic E-state index is -0.586. The zero-order valence-corrected chi connectivity index (χ0v) is 15.2. The maximum absolute atomic E-state index is 12.4. The molecule has 25 heavy (non-hydrogen) atoms. The second kappa shape index (κ2) is 10.0. The molecule has 1 aromatic rings. The Balaban J connectivity index is 0.00000312. The molecule has 1 aliphatic rings. The van der Waals surface area contributed by atoms with Gasteiger partial charge in [-0.05, 0) is 38.8 Å². The number of hydrogen-bond donors (Lipinski definition) is 2. The molecule has 1 unspecified atom stereocenters. The molecular weight excluding hydrogens is 350 g/mol. The van der Waals surface area contributed by atoms with E-state index in [4.69, 9.17) is 9.47 Å². The van der Waals surface area contributed by atoms with E-state index in [-0.39, 0.29) is 29.4 Å². The molecule has 1 aliphatic heterocycles. The zero-order valence-electron chi connectivity index (χ0n) is 14.4. The molecule has 0 saturated carbocycles. The van der Waals surface area contributed by atoms with E-state index < -0.39 is 10.8 Å². The summed E-state index contributed by atoms with van der Waals surface area (Å²) >= 11 is 0. The number of nitrogens with one attached hydrogen (secondary N) is 2. The van der Waals surface area contributed by atoms with Gasteiger partial charge in [0.25, 0.3) is 11.6 Å². The van der Waals surface area contributed by atoms with Crippen molar-refractivity contribution in [3.8, 4) is 11.5 Å². The molecule has 1 saturated heterocycles. The molecule has 0 radical (unpaired) electrons. The van der Waals surface area contributed by atoms with Crippen LogP contribution in [-0.4, -0.2) is 44.2 Å². The molecule has 1 fully saturated rings. The minimum absolute atomic E-state index is 0. The lowest BCUT2D eigenvalue weighted by Gasteiger charge is -2.13. The average Bonchev–Trinajstić information content (AvgIpc) is 3.07. The lowest BCUT2D eigenvalue weighted by atomic mass is 10.1. The van der Waals surface area contributed by atoms with Gasteiger partial charge in [0, 0.05) is 12.6 Å². The van der Waals surface area contributed by atoms with Gasteiger partial charge in [-0.25, -0.2) is 0 Å². The standard InChI is InChI=1S/C16H23N3O5.ClH/c1-3-24-15-9-13(19(21)22)12(8-14(15)23-2)16(20)18-7-5-11-4-6-17-10-11;/h8-9,11,17H,3-7,10H2,1-2H3,(H,18,20);1H. The molecule has 0 spiro atoms. The number of rotatable bonds is 8. The van der Waals surface area contributed by atoms with Crippen LogP contribution in [0.25, 0.3) is 0 Å². The van der Waals surface area contributed by atoms with Crippen LogP contribution in [0.2, 0.25) is 0 Å². The number of ether oxygens (including phenoxy) is 2. The number of nitro groups is 1. The van der Waals surface area contributed by atoms with Crippen molar-refractivity contribution in [2.45, 2.75) is 19.8 Å². The van der Waals surface area contributed by atoms with Crippen molar-refractivity contribution < 1.29 is 19.2 Å². The molecule has 0 aliphatic carbocycles. The molecule has 0 aromatic heterocycles. The van der Waals surface area contributed by atoms with Gasteiger partial charge in [0.1, 0.15) is 5.56 Å². The molecule has 2 N–H and O–H groups in total. The second-order valence-electron chi connectivity index (χ2n) is 5.61. The number of nitro benzene ring substituents is 1. The third kappa shape index (κ3) is 5.47. The van der Waals surface area contributed by atoms with Crippen LogP contribution in [0.1, 0.15) is 30.1 Å². The molecule has 8 nitrogen and oxygen atoms in total. The smallest absolute Gasteiger partial charge is 0.286 e. The van der Waals surface area contributed by atoms with Gasteiger partial charge in [-0.15, -0.1) is 12.4 Å². The number of hydrogen-bond acceptors (Lipinski definition) is 6. The lowest BCUT2D eigenvalue weighted by molar-refractivity contribution is -0.385. The number of benzene rings is 1. The van der Waals surface area contributed by atoms with Crippen LogP contribution in [0.3, 0.4) is 0 Å². The Morgan fingerprint density at radius 1 is 1.44 bits per heavy atom. The molecule has 2 rings (SSSR count). The Labute approximate surface area is 152 Å². The van der Waals surface area contributed by atoms with Gasteiger partial charge < -0.3 is 20.1 Å². The van der Waals surface area contributed by atoms with Crippen molar-refractivity contribution >= 4 is 24.0 Å². The van der Waals surface area contributed by atoms with E-state index >= 15 is 0 Å². The van der Waals surface area contributed by atoms with Crippen molar-refractivity contribution in [1.29, 1.82) is 0 Å². The highest BCUT2D eigenvalue weighted by atomic mass is 35.5. The van der Waals surface area contributed by atoms with Crippen molar-refractivity contribution in [2.75, 3.05) is 33.4 Å². The SMILES string of the molecule is CCOc1cc([N+](=O)[O-])c(C(=O)NCCC2CCNC2)cc1OC.Cl. The number of methoxy groups -OCH3 is 1. The summed E-state index contributed by atoms with van der Waals surface area (Å²) in [6.45, 7) is 4.54. The van der Waals surface area contributed by atoms with E-state index in [0.29, 0.717) is 24.8 Å². The number of halogens is 1. The lowest BCUT2D eigenvalue weighted by Crippen LogP contribution is -2.27. The fourth-order valence-electron chi connectivity index (χ4n) is 2.76. The Kier molecular flexibility index (Phi) is 8.44. The average molecular weight is 374 g/mol. The summed E-state index contributed by atoms with van der Waals surface area (Å²) in [5, 5.41) is 17.3. The number of amides is 1. The van der Waals surface area contributed by atoms with E-state index in [2.05, 4.69) is 10.6 Å². The van der Waals surface area contributed by atoms with Crippen LogP contribution < -0.4 is 20.1 Å². The van der Waals surface area contributed by atoms with Crippen LogP contribution in [0.5, 0.6) is 11.5 Å². The number of carbonyl (C=O) groups is 1. The van der Waals surface area contributed by atoms with E-state index in [1.54, 1.807) is 6.92 Å². The van der Waals surface area contributed by atoms with Crippen molar-refractivity contribution in [3.05, 3.63) is 27.8 Å². The van der Waals surface area contributed by atoms with Crippen molar-refractivity contribution in [3.63, 3.8) is 0 Å². The van der Waals surface area contributed by atoms with Crippen LogP contribution in [0, 0.1) is 16.0 Å². The molecular formula is C16H24ClN3O5. The van der Waals surface area contributed by atoms with Crippen LogP contribution in [0.15, 0.2) is 12.1 Å². The van der Waals surface area contributed by atoms with E-state index in [0.717, 1.165) is 25.9 Å². The molecule has 1 amide bonds. The highest BCUT2D eigenvalue weighted by molar-refractivity contribution is 5.99. The predicted octanol–water partition coefficient (Wildman–Crippen LogP) is 2.15. The minimum Gasteiger partial charge on any atom is -0.493 e. The van der Waals surface area contributed by atoms with E-state index in [9.17, 15) is 14.9 Å². The van der Waals surface area contributed by atoms with Gasteiger partial charge in [-0.3, -0.25) is 14.9 Å². The summed E-state index contributed by atoms with van der Waals surface area (Å²) in [4.78, 5) is 23.1. The quantitative estimate of drug-likeness (QED) is 0.534. The fraction of sp³-hybridized carbons (Fsp3) is 0.562. The van der Waals surface area contributed by atoms with E-state index in [1.165, 1.54) is 19.2 Å². The largest absolute Gasteiger partial charge is 0.493 e. The first kappa shape index (κ1) is 21.0. The molecule has 9 heteroatoms. The predicted molar refractivity (Wildman–Crippen MR) is 96.0 cm³/mol. The summed E-state index contributed by atoms with van der Waals surface area (Å²) in [6.07, 6.45) is 1.94. The molecule has 1 atom stereocenters. The molecule has 1 heterocycles. The Morgan fingerprint density at radius 3 is 2.76 bits per heavy atom. The Morgan fingerprint density at radius 2 is 2.20 bits per heavy atom. The first-order valence-electron chi connectivity index (χ1n) is 8.05. The summed E-state index contributed by atoms with van der Waals surface area (Å²) in [5.41, 5.74) is -0.316. The normalized spacial score (nSPS) is 16.0. The van der Waals surface area contributed by atoms with Gasteiger partial charge in [0.15, 0.2) is 11.5 Å². The molecule has 140 valence electrons. The van der Waals surface area contributed by atoms with Crippen molar-refractivity contribution in [1.82, 2.24) is 10.6 Å². The second-order valence-corrected chi connectivity index (χ2v) is 5.61. The van der Waals surface area contributed by atoms with Gasteiger partial charge in [0.2, 0.25) is 0 Å². The van der Waals surface area contributed by atoms with Gasteiger partial charge >= 0.3 is 0 Å². The van der Waals surface area contributed by atoms with Gasteiger partial charge in [-0.2, -0.15) is 0 Å². The maximum Gasteiger partial charge on any atom is 0.286 e. The summed E-state index contributed by atoms with van der Waals surface area (Å²) in [6, 6.07) is 2.59. The maximum atomic E-state index is 12.4. The van der Waals surface area contributed by atoms with Crippen LogP contribution >= 0.6 is 12.4 Å². The Bertz CT molecular complexity index is 606. The summed E-state index contributed by atoms with van der Waals surface area (Å²) in [7, 11) is 1.43. The summed E-state index contributed by atoms with van der Waals surface area (Å²) in [5.74, 6) is 0.608. The van der Waals surface area contributed by atoms with Crippen LogP contribution in [-0.2, 0) is 0 Å².